The lowest BCUT2D eigenvalue weighted by Crippen LogP contribution is -2.34. The number of aliphatic carboxylic acids is 1. The van der Waals surface area contributed by atoms with Crippen LogP contribution in [0.4, 0.5) is 13.2 Å². The van der Waals surface area contributed by atoms with Crippen molar-refractivity contribution in [1.29, 1.82) is 0 Å². The van der Waals surface area contributed by atoms with Gasteiger partial charge in [0, 0.05) is 42.5 Å². The van der Waals surface area contributed by atoms with Gasteiger partial charge in [-0.2, -0.15) is 28.6 Å². The van der Waals surface area contributed by atoms with E-state index >= 15 is 0 Å². The lowest BCUT2D eigenvalue weighted by Gasteiger charge is -2.22. The van der Waals surface area contributed by atoms with Crippen molar-refractivity contribution in [2.24, 2.45) is 0 Å². The molecule has 1 aromatic carbocycles. The molecule has 0 saturated carbocycles. The number of aromatic amines is 1. The fourth-order valence-electron chi connectivity index (χ4n) is 3.26. The zero-order chi connectivity index (χ0) is 23.1. The summed E-state index contributed by atoms with van der Waals surface area (Å²) in [4.78, 5) is 17.1. The molecule has 0 aliphatic heterocycles. The van der Waals surface area contributed by atoms with E-state index in [4.69, 9.17) is 14.6 Å². The van der Waals surface area contributed by atoms with Gasteiger partial charge >= 0.3 is 12.1 Å². The molecule has 2 aromatic heterocycles. The highest BCUT2D eigenvalue weighted by Gasteiger charge is 2.38. The number of nitrogens with one attached hydrogen (secondary N) is 2. The second-order valence-corrected chi connectivity index (χ2v) is 6.99. The lowest BCUT2D eigenvalue weighted by atomic mass is 9.95. The highest BCUT2D eigenvalue weighted by Crippen LogP contribution is 2.26. The Hall–Kier alpha value is -3.54. The molecule has 0 amide bonds. The van der Waals surface area contributed by atoms with Gasteiger partial charge in [0.25, 0.3) is 0 Å². The quantitative estimate of drug-likeness (QED) is 0.542. The number of carboxylic acids is 1. The normalized spacial score (nSPS) is 15.3. The first kappa shape index (κ1) is 23.1. The SMILES string of the molecule is COc1ccc(-c2cncnc2)cc1CNC1CCc2n[nH]nc2C1.O=C(O)C(F)(F)F. The first-order chi connectivity index (χ1) is 15.3. The Morgan fingerprint density at radius 2 is 1.91 bits per heavy atom. The maximum Gasteiger partial charge on any atom is 0.490 e. The Labute approximate surface area is 181 Å². The number of nitrogens with zero attached hydrogens (tertiary/aromatic N) is 4. The van der Waals surface area contributed by atoms with Gasteiger partial charge in [-0.1, -0.05) is 6.07 Å². The number of aryl methyl sites for hydroxylation is 1. The molecule has 2 heterocycles. The minimum Gasteiger partial charge on any atom is -0.496 e. The van der Waals surface area contributed by atoms with E-state index in [0.717, 1.165) is 59.6 Å². The third-order valence-electron chi connectivity index (χ3n) is 4.87. The van der Waals surface area contributed by atoms with E-state index in [1.807, 2.05) is 24.5 Å². The summed E-state index contributed by atoms with van der Waals surface area (Å²) in [6, 6.07) is 6.56. The van der Waals surface area contributed by atoms with Gasteiger partial charge in [-0.15, -0.1) is 0 Å². The van der Waals surface area contributed by atoms with Gasteiger partial charge in [-0.25, -0.2) is 14.8 Å². The van der Waals surface area contributed by atoms with Gasteiger partial charge in [0.1, 0.15) is 12.1 Å². The molecule has 170 valence electrons. The van der Waals surface area contributed by atoms with Crippen LogP contribution in [0.5, 0.6) is 5.75 Å². The summed E-state index contributed by atoms with van der Waals surface area (Å²) in [6.45, 7) is 0.739. The largest absolute Gasteiger partial charge is 0.496 e. The van der Waals surface area contributed by atoms with Crippen molar-refractivity contribution < 1.29 is 27.8 Å². The second-order valence-electron chi connectivity index (χ2n) is 6.99. The van der Waals surface area contributed by atoms with Crippen molar-refractivity contribution in [3.8, 4) is 16.9 Å². The van der Waals surface area contributed by atoms with E-state index in [0.29, 0.717) is 6.04 Å². The van der Waals surface area contributed by atoms with Crippen LogP contribution in [0.1, 0.15) is 23.4 Å². The number of benzene rings is 1. The first-order valence-electron chi connectivity index (χ1n) is 9.62. The van der Waals surface area contributed by atoms with Gasteiger partial charge < -0.3 is 15.2 Å². The molecule has 0 spiro atoms. The zero-order valence-corrected chi connectivity index (χ0v) is 17.1. The maximum atomic E-state index is 10.6. The molecule has 32 heavy (non-hydrogen) atoms. The Kier molecular flexibility index (Phi) is 7.36. The molecule has 4 rings (SSSR count). The minimum atomic E-state index is -5.08. The number of carbonyl (C=O) groups is 1. The van der Waals surface area contributed by atoms with Gasteiger partial charge in [0.05, 0.1) is 18.5 Å². The monoisotopic (exact) mass is 450 g/mol. The number of methoxy groups -OCH3 is 1. The summed E-state index contributed by atoms with van der Waals surface area (Å²) in [5.74, 6) is -1.88. The van der Waals surface area contributed by atoms with Crippen LogP contribution in [0.25, 0.3) is 11.1 Å². The molecule has 9 nitrogen and oxygen atoms in total. The smallest absolute Gasteiger partial charge is 0.490 e. The van der Waals surface area contributed by atoms with Crippen molar-refractivity contribution in [2.75, 3.05) is 7.11 Å². The first-order valence-corrected chi connectivity index (χ1v) is 9.62. The number of halogens is 3. The van der Waals surface area contributed by atoms with Gasteiger partial charge in [0.15, 0.2) is 0 Å². The minimum absolute atomic E-state index is 0.394. The molecule has 12 heteroatoms. The van der Waals surface area contributed by atoms with E-state index in [1.54, 1.807) is 7.11 Å². The number of alkyl halides is 3. The predicted molar refractivity (Wildman–Crippen MR) is 107 cm³/mol. The summed E-state index contributed by atoms with van der Waals surface area (Å²) in [5, 5.41) is 21.9. The van der Waals surface area contributed by atoms with E-state index < -0.39 is 12.1 Å². The summed E-state index contributed by atoms with van der Waals surface area (Å²) < 4.78 is 37.3. The number of rotatable bonds is 5. The van der Waals surface area contributed by atoms with E-state index in [-0.39, 0.29) is 0 Å². The predicted octanol–water partition coefficient (Wildman–Crippen LogP) is 2.55. The molecule has 1 aliphatic rings. The van der Waals surface area contributed by atoms with Crippen molar-refractivity contribution in [3.05, 3.63) is 53.9 Å². The number of aromatic nitrogens is 5. The number of carboxylic acid groups (broad SMARTS) is 1. The molecule has 1 aliphatic carbocycles. The molecule has 0 radical (unpaired) electrons. The molecular weight excluding hydrogens is 429 g/mol. The maximum absolute atomic E-state index is 10.6. The Morgan fingerprint density at radius 3 is 2.56 bits per heavy atom. The summed E-state index contributed by atoms with van der Waals surface area (Å²) >= 11 is 0. The average Bonchev–Trinajstić information content (AvgIpc) is 3.26. The van der Waals surface area contributed by atoms with Crippen LogP contribution in [0.15, 0.2) is 36.9 Å². The van der Waals surface area contributed by atoms with Gasteiger partial charge in [-0.05, 0) is 30.5 Å². The Morgan fingerprint density at radius 1 is 1.22 bits per heavy atom. The molecule has 0 bridgehead atoms. The molecule has 0 fully saturated rings. The molecule has 1 unspecified atom stereocenters. The number of fused-ring (bicyclic) bond motifs is 1. The molecule has 0 saturated heterocycles. The van der Waals surface area contributed by atoms with Gasteiger partial charge in [-0.3, -0.25) is 0 Å². The Balaban J connectivity index is 0.000000360. The van der Waals surface area contributed by atoms with Gasteiger partial charge in [0.2, 0.25) is 0 Å². The second kappa shape index (κ2) is 10.2. The molecule has 3 N–H and O–H groups in total. The standard InChI is InChI=1S/C18H20N6O.C2HF3O2/c1-25-18-5-2-12(14-8-19-11-20-9-14)6-13(18)10-21-15-3-4-16-17(7-15)23-24-22-16;3-2(4,5)1(6)7/h2,5-6,8-9,11,15,21H,3-4,7,10H2,1H3,(H,22,23,24);(H,6,7). The van der Waals surface area contributed by atoms with E-state index in [9.17, 15) is 13.2 Å². The zero-order valence-electron chi connectivity index (χ0n) is 17.1. The van der Waals surface area contributed by atoms with Crippen molar-refractivity contribution in [1.82, 2.24) is 30.7 Å². The van der Waals surface area contributed by atoms with Crippen LogP contribution in [0.2, 0.25) is 0 Å². The summed E-state index contributed by atoms with van der Waals surface area (Å²) in [6.07, 6.45) is 3.02. The van der Waals surface area contributed by atoms with Crippen LogP contribution in [0.3, 0.4) is 0 Å². The third kappa shape index (κ3) is 6.00. The van der Waals surface area contributed by atoms with E-state index in [1.165, 1.54) is 6.33 Å². The molecule has 1 atom stereocenters. The fourth-order valence-corrected chi connectivity index (χ4v) is 3.26. The van der Waals surface area contributed by atoms with Crippen LogP contribution >= 0.6 is 0 Å². The fraction of sp³-hybridized carbons (Fsp3) is 0.350. The van der Waals surface area contributed by atoms with Crippen LogP contribution < -0.4 is 10.1 Å². The molecular formula is C20H21F3N6O3. The number of hydrogen-bond donors (Lipinski definition) is 3. The van der Waals surface area contributed by atoms with Crippen molar-refractivity contribution >= 4 is 5.97 Å². The summed E-state index contributed by atoms with van der Waals surface area (Å²) in [7, 11) is 1.70. The number of hydrogen-bond acceptors (Lipinski definition) is 7. The lowest BCUT2D eigenvalue weighted by molar-refractivity contribution is -0.192. The highest BCUT2D eigenvalue weighted by molar-refractivity contribution is 5.73. The van der Waals surface area contributed by atoms with Crippen LogP contribution in [-0.2, 0) is 24.2 Å². The van der Waals surface area contributed by atoms with Crippen molar-refractivity contribution in [2.45, 2.75) is 38.0 Å². The van der Waals surface area contributed by atoms with E-state index in [2.05, 4.69) is 36.8 Å². The molecule has 3 aromatic rings. The van der Waals surface area contributed by atoms with Crippen LogP contribution in [-0.4, -0.2) is 55.8 Å². The topological polar surface area (TPSA) is 126 Å². The average molecular weight is 450 g/mol. The number of H-pyrrole nitrogens is 1. The highest BCUT2D eigenvalue weighted by atomic mass is 19.4. The third-order valence-corrected chi connectivity index (χ3v) is 4.87. The van der Waals surface area contributed by atoms with Crippen LogP contribution in [0, 0.1) is 0 Å². The van der Waals surface area contributed by atoms with Crippen molar-refractivity contribution in [3.63, 3.8) is 0 Å². The Bertz CT molecular complexity index is 1040. The summed E-state index contributed by atoms with van der Waals surface area (Å²) in [5.41, 5.74) is 5.37. The number of ether oxygens (including phenoxy) is 1.